The van der Waals surface area contributed by atoms with Crippen molar-refractivity contribution in [1.82, 2.24) is 9.29 Å². The molecule has 1 atom stereocenters. The van der Waals surface area contributed by atoms with Gasteiger partial charge in [0.05, 0.1) is 11.6 Å². The first kappa shape index (κ1) is 23.5. The van der Waals surface area contributed by atoms with Crippen molar-refractivity contribution < 1.29 is 4.42 Å². The number of rotatable bonds is 5. The largest absolute Gasteiger partial charge is 0.419 e. The lowest BCUT2D eigenvalue weighted by atomic mass is 10.0. The van der Waals surface area contributed by atoms with Crippen LogP contribution in [0.4, 0.5) is 0 Å². The van der Waals surface area contributed by atoms with Gasteiger partial charge in [0.2, 0.25) is 0 Å². The van der Waals surface area contributed by atoms with Gasteiger partial charge in [-0.1, -0.05) is 70.0 Å². The molecule has 3 aromatic rings. The molecular weight excluding hydrogens is 370 g/mol. The highest BCUT2D eigenvalue weighted by Gasteiger charge is 2.09. The van der Waals surface area contributed by atoms with Gasteiger partial charge in [0.15, 0.2) is 5.58 Å². The van der Waals surface area contributed by atoms with E-state index < -0.39 is 0 Å². The van der Waals surface area contributed by atoms with Gasteiger partial charge in [0, 0.05) is 13.5 Å². The molecule has 0 aliphatic carbocycles. The zero-order valence-electron chi connectivity index (χ0n) is 17.4. The Morgan fingerprint density at radius 2 is 1.71 bits per heavy atom. The van der Waals surface area contributed by atoms with E-state index in [1.54, 1.807) is 7.05 Å². The molecule has 2 aromatic carbocycles. The van der Waals surface area contributed by atoms with Crippen LogP contribution in [0.1, 0.15) is 33.3 Å². The van der Waals surface area contributed by atoms with E-state index in [1.165, 1.54) is 16.5 Å². The smallest absolute Gasteiger partial charge is 0.408 e. The van der Waals surface area contributed by atoms with Crippen LogP contribution in [0.5, 0.6) is 0 Å². The molecule has 0 aliphatic heterocycles. The third kappa shape index (κ3) is 5.75. The van der Waals surface area contributed by atoms with Crippen LogP contribution in [0.25, 0.3) is 22.2 Å². The van der Waals surface area contributed by atoms with Crippen LogP contribution in [0.15, 0.2) is 51.7 Å². The summed E-state index contributed by atoms with van der Waals surface area (Å²) in [6.07, 6.45) is 2.57. The summed E-state index contributed by atoms with van der Waals surface area (Å²) in [6, 6.07) is 15.9. The summed E-state index contributed by atoms with van der Waals surface area (Å²) in [5.41, 5.74) is 4.53. The van der Waals surface area contributed by atoms with Crippen LogP contribution in [-0.4, -0.2) is 16.9 Å². The van der Waals surface area contributed by atoms with E-state index >= 15 is 0 Å². The molecule has 0 amide bonds. The van der Waals surface area contributed by atoms with Gasteiger partial charge >= 0.3 is 5.76 Å². The average molecular weight is 400 g/mol. The van der Waals surface area contributed by atoms with Gasteiger partial charge in [-0.3, -0.25) is 4.57 Å². The fourth-order valence-corrected chi connectivity index (χ4v) is 3.05. The molecule has 0 radical (unpaired) electrons. The van der Waals surface area contributed by atoms with E-state index in [1.807, 2.05) is 76.4 Å². The van der Waals surface area contributed by atoms with E-state index in [-0.39, 0.29) is 11.8 Å². The Balaban J connectivity index is 0.000000921. The van der Waals surface area contributed by atoms with Crippen LogP contribution in [-0.2, 0) is 13.5 Å². The number of aryl methyl sites for hydroxylation is 1. The molecule has 150 valence electrons. The number of nitrogens with zero attached hydrogens (tertiary/aromatic N) is 2. The van der Waals surface area contributed by atoms with E-state index in [2.05, 4.69) is 10.8 Å². The molecule has 6 heteroatoms. The lowest BCUT2D eigenvalue weighted by Gasteiger charge is -2.09. The molecule has 3 rings (SSSR count). The number of oxazole rings is 1. The Bertz CT molecular complexity index is 953. The first-order chi connectivity index (χ1) is 13.6. The molecule has 0 saturated heterocycles. The Morgan fingerprint density at radius 1 is 1.11 bits per heavy atom. The molecule has 0 bridgehead atoms. The third-order valence-electron chi connectivity index (χ3n) is 3.93. The molecule has 1 N–H and O–H groups in total. The van der Waals surface area contributed by atoms with Crippen molar-refractivity contribution in [3.63, 3.8) is 0 Å². The monoisotopic (exact) mass is 399 g/mol. The van der Waals surface area contributed by atoms with Gasteiger partial charge in [-0.25, -0.2) is 9.52 Å². The number of benzene rings is 2. The minimum absolute atomic E-state index is 0.206. The standard InChI is InChI=1S/C18H17N3O2S.2C2H6/c1-21-16-10-14(7-8-17(16)23-18(21)22)13-5-3-12(4-6-13)9-15(11-19)20-24-2;2*1-2/h3-8,10,15,20H,9H2,1-2H3;2*1-2H3. The highest BCUT2D eigenvalue weighted by molar-refractivity contribution is 7.96. The molecule has 28 heavy (non-hydrogen) atoms. The van der Waals surface area contributed by atoms with Gasteiger partial charge in [0.25, 0.3) is 0 Å². The third-order valence-corrected chi connectivity index (χ3v) is 4.45. The molecule has 0 fully saturated rings. The lowest BCUT2D eigenvalue weighted by Crippen LogP contribution is -2.23. The fourth-order valence-electron chi connectivity index (χ4n) is 2.63. The van der Waals surface area contributed by atoms with Gasteiger partial charge < -0.3 is 4.42 Å². The minimum atomic E-state index is -0.360. The highest BCUT2D eigenvalue weighted by Crippen LogP contribution is 2.24. The summed E-state index contributed by atoms with van der Waals surface area (Å²) in [7, 11) is 1.70. The Kier molecular flexibility index (Phi) is 10.1. The van der Waals surface area contributed by atoms with Crippen molar-refractivity contribution in [2.24, 2.45) is 7.05 Å². The second-order valence-corrected chi connectivity index (χ2v) is 6.16. The second kappa shape index (κ2) is 12.1. The second-order valence-electron chi connectivity index (χ2n) is 5.51. The molecule has 0 saturated carbocycles. The van der Waals surface area contributed by atoms with Gasteiger partial charge in [0.1, 0.15) is 6.04 Å². The topological polar surface area (TPSA) is 71.0 Å². The summed E-state index contributed by atoms with van der Waals surface area (Å²) < 4.78 is 9.72. The van der Waals surface area contributed by atoms with Gasteiger partial charge in [-0.2, -0.15) is 5.26 Å². The Labute approximate surface area is 171 Å². The Morgan fingerprint density at radius 3 is 2.29 bits per heavy atom. The summed E-state index contributed by atoms with van der Waals surface area (Å²) in [5.74, 6) is -0.360. The molecule has 0 aliphatic rings. The van der Waals surface area contributed by atoms with Crippen molar-refractivity contribution in [3.05, 3.63) is 58.6 Å². The maximum Gasteiger partial charge on any atom is 0.419 e. The molecule has 5 nitrogen and oxygen atoms in total. The number of hydrogen-bond acceptors (Lipinski definition) is 5. The summed E-state index contributed by atoms with van der Waals surface area (Å²) in [6.45, 7) is 8.00. The normalized spacial score (nSPS) is 10.9. The number of fused-ring (bicyclic) bond motifs is 1. The zero-order chi connectivity index (χ0) is 21.1. The lowest BCUT2D eigenvalue weighted by molar-refractivity contribution is 0.528. The molecule has 0 spiro atoms. The van der Waals surface area contributed by atoms with Crippen LogP contribution < -0.4 is 10.5 Å². The first-order valence-corrected chi connectivity index (χ1v) is 10.7. The predicted octanol–water partition coefficient (Wildman–Crippen LogP) is 5.15. The van der Waals surface area contributed by atoms with Crippen LogP contribution in [0.3, 0.4) is 0 Å². The quantitative estimate of drug-likeness (QED) is 0.601. The SMILES string of the molecule is CC.CC.CSNC(C#N)Cc1ccc(-c2ccc3oc(=O)n(C)c3c2)cc1. The Hall–Kier alpha value is -2.49. The molecule has 1 heterocycles. The zero-order valence-corrected chi connectivity index (χ0v) is 18.3. The summed E-state index contributed by atoms with van der Waals surface area (Å²) >= 11 is 1.45. The molecular formula is C22H29N3O2S. The summed E-state index contributed by atoms with van der Waals surface area (Å²) in [4.78, 5) is 11.6. The maximum absolute atomic E-state index is 11.6. The van der Waals surface area contributed by atoms with Crippen LogP contribution in [0.2, 0.25) is 0 Å². The van der Waals surface area contributed by atoms with Gasteiger partial charge in [-0.05, 0) is 35.1 Å². The van der Waals surface area contributed by atoms with Gasteiger partial charge in [-0.15, -0.1) is 0 Å². The number of nitriles is 1. The van der Waals surface area contributed by atoms with Crippen molar-refractivity contribution in [1.29, 1.82) is 5.26 Å². The van der Waals surface area contributed by atoms with E-state index in [0.717, 1.165) is 22.2 Å². The number of aromatic nitrogens is 1. The van der Waals surface area contributed by atoms with Crippen molar-refractivity contribution in [3.8, 4) is 17.2 Å². The average Bonchev–Trinajstić information content (AvgIpc) is 3.04. The van der Waals surface area contributed by atoms with Crippen molar-refractivity contribution in [2.75, 3.05) is 6.26 Å². The van der Waals surface area contributed by atoms with Crippen molar-refractivity contribution in [2.45, 2.75) is 40.2 Å². The van der Waals surface area contributed by atoms with Crippen LogP contribution in [0, 0.1) is 11.3 Å². The minimum Gasteiger partial charge on any atom is -0.408 e. The number of hydrogen-bond donors (Lipinski definition) is 1. The van der Waals surface area contributed by atoms with E-state index in [4.69, 9.17) is 9.68 Å². The van der Waals surface area contributed by atoms with E-state index in [0.29, 0.717) is 12.0 Å². The fraction of sp³-hybridized carbons (Fsp3) is 0.364. The predicted molar refractivity (Wildman–Crippen MR) is 119 cm³/mol. The first-order valence-electron chi connectivity index (χ1n) is 9.49. The van der Waals surface area contributed by atoms with Crippen molar-refractivity contribution >= 4 is 23.0 Å². The number of nitrogens with one attached hydrogen (secondary N) is 1. The molecule has 1 unspecified atom stereocenters. The highest BCUT2D eigenvalue weighted by atomic mass is 32.2. The van der Waals surface area contributed by atoms with E-state index in [9.17, 15) is 4.79 Å². The maximum atomic E-state index is 11.6. The van der Waals surface area contributed by atoms with Crippen LogP contribution >= 0.6 is 11.9 Å². The molecule has 1 aromatic heterocycles. The summed E-state index contributed by atoms with van der Waals surface area (Å²) in [5, 5.41) is 9.12.